The predicted octanol–water partition coefficient (Wildman–Crippen LogP) is 4.62. The minimum absolute atomic E-state index is 0.128. The van der Waals surface area contributed by atoms with Crippen LogP contribution in [0.25, 0.3) is 10.8 Å². The Kier molecular flexibility index (Phi) is 5.84. The average Bonchev–Trinajstić information content (AvgIpc) is 3.53. The Morgan fingerprint density at radius 2 is 1.58 bits per heavy atom. The van der Waals surface area contributed by atoms with Gasteiger partial charge in [0.15, 0.2) is 5.76 Å². The molecule has 0 bridgehead atoms. The van der Waals surface area contributed by atoms with Crippen molar-refractivity contribution in [3.05, 3.63) is 101 Å². The molecule has 2 atom stereocenters. The highest BCUT2D eigenvalue weighted by Crippen LogP contribution is 2.47. The summed E-state index contributed by atoms with van der Waals surface area (Å²) in [6.07, 6.45) is 1.50. The van der Waals surface area contributed by atoms with Gasteiger partial charge in [-0.15, -0.1) is 0 Å². The highest BCUT2D eigenvalue weighted by Gasteiger charge is 2.41. The number of rotatable bonds is 5. The van der Waals surface area contributed by atoms with E-state index in [1.54, 1.807) is 29.2 Å². The Bertz CT molecular complexity index is 1520. The monoisotopic (exact) mass is 521 g/mol. The zero-order valence-electron chi connectivity index (χ0n) is 19.3. The molecule has 6 rings (SSSR count). The van der Waals surface area contributed by atoms with E-state index < -0.39 is 16.1 Å². The van der Waals surface area contributed by atoms with Gasteiger partial charge >= 0.3 is 0 Å². The van der Waals surface area contributed by atoms with Crippen molar-refractivity contribution < 1.29 is 17.6 Å². The van der Waals surface area contributed by atoms with E-state index in [0.29, 0.717) is 37.0 Å². The van der Waals surface area contributed by atoms with Crippen LogP contribution < -0.4 is 4.72 Å². The standard InChI is InChI=1S/C27H24ClN3O4S/c28-19-9-11-20(12-10-19)36(33,34)29-25-21-6-1-4-18-5-2-7-22(24(18)21)26(25)30-13-15-31(16-14-30)27(32)23-8-3-17-35-23/h1-12,17,25-26,29H,13-16H2/t25-,26+/m1/s1. The molecule has 9 heteroatoms. The lowest BCUT2D eigenvalue weighted by atomic mass is 10.0. The van der Waals surface area contributed by atoms with Crippen LogP contribution in [-0.4, -0.2) is 50.3 Å². The number of benzene rings is 3. The maximum Gasteiger partial charge on any atom is 0.289 e. The quantitative estimate of drug-likeness (QED) is 0.414. The summed E-state index contributed by atoms with van der Waals surface area (Å²) in [5.74, 6) is 0.201. The van der Waals surface area contributed by atoms with Crippen molar-refractivity contribution >= 4 is 38.3 Å². The van der Waals surface area contributed by atoms with E-state index in [1.807, 2.05) is 18.2 Å². The third-order valence-corrected chi connectivity index (χ3v) is 8.78. The summed E-state index contributed by atoms with van der Waals surface area (Å²) in [6.45, 7) is 2.28. The number of piperazine rings is 1. The van der Waals surface area contributed by atoms with E-state index in [1.165, 1.54) is 18.4 Å². The van der Waals surface area contributed by atoms with Gasteiger partial charge in [0.2, 0.25) is 10.0 Å². The molecule has 0 saturated carbocycles. The number of sulfonamides is 1. The fraction of sp³-hybridized carbons (Fsp3) is 0.222. The zero-order chi connectivity index (χ0) is 24.9. The molecule has 1 saturated heterocycles. The fourth-order valence-electron chi connectivity index (χ4n) is 5.40. The summed E-state index contributed by atoms with van der Waals surface area (Å²) >= 11 is 5.98. The molecule has 0 radical (unpaired) electrons. The summed E-state index contributed by atoms with van der Waals surface area (Å²) in [5, 5.41) is 2.64. The first-order chi connectivity index (χ1) is 17.4. The van der Waals surface area contributed by atoms with Gasteiger partial charge in [0.25, 0.3) is 5.91 Å². The largest absolute Gasteiger partial charge is 0.459 e. The molecule has 1 aromatic heterocycles. The number of carbonyl (C=O) groups excluding carboxylic acids is 1. The van der Waals surface area contributed by atoms with Gasteiger partial charge in [0.1, 0.15) is 0 Å². The summed E-state index contributed by atoms with van der Waals surface area (Å²) in [4.78, 5) is 17.0. The van der Waals surface area contributed by atoms with Crippen LogP contribution in [-0.2, 0) is 10.0 Å². The first kappa shape index (κ1) is 23.2. The lowest BCUT2D eigenvalue weighted by Gasteiger charge is -2.40. The molecular weight excluding hydrogens is 498 g/mol. The molecule has 2 heterocycles. The molecule has 1 aliphatic carbocycles. The number of hydrogen-bond acceptors (Lipinski definition) is 5. The first-order valence-corrected chi connectivity index (χ1v) is 13.6. The van der Waals surface area contributed by atoms with Gasteiger partial charge in [-0.05, 0) is 58.3 Å². The average molecular weight is 522 g/mol. The minimum Gasteiger partial charge on any atom is -0.459 e. The van der Waals surface area contributed by atoms with Gasteiger partial charge < -0.3 is 9.32 Å². The molecule has 0 spiro atoms. The molecular formula is C27H24ClN3O4S. The number of hydrogen-bond donors (Lipinski definition) is 1. The van der Waals surface area contributed by atoms with Crippen molar-refractivity contribution in [2.24, 2.45) is 0 Å². The topological polar surface area (TPSA) is 82.9 Å². The van der Waals surface area contributed by atoms with E-state index >= 15 is 0 Å². The molecule has 7 nitrogen and oxygen atoms in total. The van der Waals surface area contributed by atoms with Crippen LogP contribution in [0.15, 0.2) is 88.4 Å². The Morgan fingerprint density at radius 3 is 2.25 bits per heavy atom. The van der Waals surface area contributed by atoms with Crippen molar-refractivity contribution in [2.75, 3.05) is 26.2 Å². The maximum atomic E-state index is 13.4. The van der Waals surface area contributed by atoms with Gasteiger partial charge in [-0.3, -0.25) is 9.69 Å². The fourth-order valence-corrected chi connectivity index (χ4v) is 6.75. The highest BCUT2D eigenvalue weighted by molar-refractivity contribution is 7.89. The van der Waals surface area contributed by atoms with Crippen molar-refractivity contribution in [2.45, 2.75) is 17.0 Å². The number of nitrogens with one attached hydrogen (secondary N) is 1. The van der Waals surface area contributed by atoms with E-state index in [9.17, 15) is 13.2 Å². The second kappa shape index (κ2) is 9.05. The molecule has 1 aliphatic heterocycles. The van der Waals surface area contributed by atoms with E-state index in [2.05, 4.69) is 27.8 Å². The van der Waals surface area contributed by atoms with Crippen LogP contribution in [0, 0.1) is 0 Å². The van der Waals surface area contributed by atoms with Crippen LogP contribution in [0.5, 0.6) is 0 Å². The van der Waals surface area contributed by atoms with Crippen LogP contribution in [0.2, 0.25) is 5.02 Å². The van der Waals surface area contributed by atoms with E-state index in [4.69, 9.17) is 16.0 Å². The third-order valence-electron chi connectivity index (χ3n) is 7.07. The second-order valence-corrected chi connectivity index (χ2v) is 11.2. The molecule has 1 N–H and O–H groups in total. The molecule has 1 fully saturated rings. The SMILES string of the molecule is O=C(c1ccco1)N1CCN([C@H]2c3cccc4cccc(c34)[C@H]2NS(=O)(=O)c2ccc(Cl)cc2)CC1. The van der Waals surface area contributed by atoms with Crippen molar-refractivity contribution in [3.8, 4) is 0 Å². The first-order valence-electron chi connectivity index (χ1n) is 11.8. The molecule has 184 valence electrons. The number of furan rings is 1. The number of nitrogens with zero attached hydrogens (tertiary/aromatic N) is 2. The van der Waals surface area contributed by atoms with E-state index in [0.717, 1.165) is 21.9 Å². The lowest BCUT2D eigenvalue weighted by Crippen LogP contribution is -2.51. The molecule has 3 aromatic carbocycles. The van der Waals surface area contributed by atoms with E-state index in [-0.39, 0.29) is 16.8 Å². The predicted molar refractivity (Wildman–Crippen MR) is 137 cm³/mol. The van der Waals surface area contributed by atoms with Crippen molar-refractivity contribution in [3.63, 3.8) is 0 Å². The van der Waals surface area contributed by atoms with Gasteiger partial charge in [0, 0.05) is 31.2 Å². The highest BCUT2D eigenvalue weighted by atomic mass is 35.5. The Hall–Kier alpha value is -3.17. The van der Waals surface area contributed by atoms with Crippen molar-refractivity contribution in [1.82, 2.24) is 14.5 Å². The minimum atomic E-state index is -3.81. The number of amides is 1. The summed E-state index contributed by atoms with van der Waals surface area (Å²) in [6, 6.07) is 21.0. The second-order valence-electron chi connectivity index (χ2n) is 9.10. The van der Waals surface area contributed by atoms with Crippen LogP contribution in [0.4, 0.5) is 0 Å². The molecule has 4 aromatic rings. The van der Waals surface area contributed by atoms with Crippen LogP contribution in [0.1, 0.15) is 33.8 Å². The zero-order valence-corrected chi connectivity index (χ0v) is 20.9. The Balaban J connectivity index is 1.32. The smallest absolute Gasteiger partial charge is 0.289 e. The summed E-state index contributed by atoms with van der Waals surface area (Å²) < 4.78 is 35.2. The van der Waals surface area contributed by atoms with Gasteiger partial charge in [-0.2, -0.15) is 0 Å². The van der Waals surface area contributed by atoms with Gasteiger partial charge in [-0.1, -0.05) is 48.0 Å². The van der Waals surface area contributed by atoms with Gasteiger partial charge in [-0.25, -0.2) is 13.1 Å². The molecule has 2 aliphatic rings. The molecule has 0 unspecified atom stereocenters. The number of halogens is 1. The normalized spacial score (nSPS) is 20.2. The van der Waals surface area contributed by atoms with Crippen LogP contribution in [0.3, 0.4) is 0 Å². The van der Waals surface area contributed by atoms with Gasteiger partial charge in [0.05, 0.1) is 23.2 Å². The molecule has 1 amide bonds. The lowest BCUT2D eigenvalue weighted by molar-refractivity contribution is 0.0512. The molecule has 36 heavy (non-hydrogen) atoms. The Morgan fingerprint density at radius 1 is 0.889 bits per heavy atom. The maximum absolute atomic E-state index is 13.4. The number of carbonyl (C=O) groups is 1. The Labute approximate surface area is 214 Å². The summed E-state index contributed by atoms with van der Waals surface area (Å²) in [5.41, 5.74) is 2.05. The van der Waals surface area contributed by atoms with Crippen LogP contribution >= 0.6 is 11.6 Å². The van der Waals surface area contributed by atoms with Crippen molar-refractivity contribution in [1.29, 1.82) is 0 Å². The summed E-state index contributed by atoms with van der Waals surface area (Å²) in [7, 11) is -3.81. The third kappa shape index (κ3) is 4.00.